The molecule has 0 saturated carbocycles. The Morgan fingerprint density at radius 2 is 1.77 bits per heavy atom. The maximum absolute atomic E-state index is 12.9. The zero-order valence-corrected chi connectivity index (χ0v) is 13.8. The van der Waals surface area contributed by atoms with Gasteiger partial charge in [-0.15, -0.1) is 11.3 Å². The lowest BCUT2D eigenvalue weighted by Crippen LogP contribution is -2.46. The largest absolute Gasteiger partial charge is 0.300 e. The molecular formula is C17H22FN3S. The van der Waals surface area contributed by atoms with Gasteiger partial charge in [0.05, 0.1) is 10.7 Å². The fourth-order valence-electron chi connectivity index (χ4n) is 2.82. The van der Waals surface area contributed by atoms with Crippen LogP contribution >= 0.6 is 11.3 Å². The van der Waals surface area contributed by atoms with Crippen LogP contribution in [0.25, 0.3) is 0 Å². The van der Waals surface area contributed by atoms with E-state index in [9.17, 15) is 4.39 Å². The zero-order valence-electron chi connectivity index (χ0n) is 13.0. The van der Waals surface area contributed by atoms with Crippen molar-refractivity contribution in [3.63, 3.8) is 0 Å². The molecule has 3 rings (SSSR count). The number of hydrogen-bond acceptors (Lipinski definition) is 4. The molecule has 0 spiro atoms. The first-order valence-corrected chi connectivity index (χ1v) is 8.67. The monoisotopic (exact) mass is 319 g/mol. The van der Waals surface area contributed by atoms with Crippen LogP contribution < -0.4 is 0 Å². The molecule has 1 fully saturated rings. The van der Waals surface area contributed by atoms with Gasteiger partial charge in [0.1, 0.15) is 5.82 Å². The maximum Gasteiger partial charge on any atom is 0.123 e. The highest BCUT2D eigenvalue weighted by Gasteiger charge is 2.17. The number of nitrogens with zero attached hydrogens (tertiary/aromatic N) is 3. The van der Waals surface area contributed by atoms with Crippen LogP contribution in [0.1, 0.15) is 16.3 Å². The summed E-state index contributed by atoms with van der Waals surface area (Å²) in [5.74, 6) is -0.158. The number of halogens is 1. The zero-order chi connectivity index (χ0) is 15.4. The van der Waals surface area contributed by atoms with E-state index in [1.165, 1.54) is 11.3 Å². The molecule has 1 saturated heterocycles. The molecule has 0 aliphatic carbocycles. The molecule has 0 N–H and O–H groups in total. The van der Waals surface area contributed by atoms with Crippen LogP contribution in [0.2, 0.25) is 0 Å². The summed E-state index contributed by atoms with van der Waals surface area (Å²) in [6.07, 6.45) is 0.992. The second-order valence-electron chi connectivity index (χ2n) is 5.85. The van der Waals surface area contributed by atoms with Crippen molar-refractivity contribution in [2.45, 2.75) is 19.9 Å². The Morgan fingerprint density at radius 1 is 1.09 bits per heavy atom. The molecule has 0 atom stereocenters. The lowest BCUT2D eigenvalue weighted by Gasteiger charge is -2.34. The lowest BCUT2D eigenvalue weighted by molar-refractivity contribution is 0.127. The molecule has 3 nitrogen and oxygen atoms in total. The minimum atomic E-state index is -0.158. The number of thiazole rings is 1. The Morgan fingerprint density at radius 3 is 2.41 bits per heavy atom. The van der Waals surface area contributed by atoms with Crippen LogP contribution in [0.5, 0.6) is 0 Å². The second-order valence-corrected chi connectivity index (χ2v) is 6.91. The van der Waals surface area contributed by atoms with Gasteiger partial charge in [-0.25, -0.2) is 9.37 Å². The van der Waals surface area contributed by atoms with Crippen molar-refractivity contribution in [3.8, 4) is 0 Å². The molecule has 118 valence electrons. The highest BCUT2D eigenvalue weighted by molar-refractivity contribution is 7.09. The van der Waals surface area contributed by atoms with Crippen LogP contribution in [0.15, 0.2) is 29.6 Å². The molecule has 0 amide bonds. The summed E-state index contributed by atoms with van der Waals surface area (Å²) in [5, 5.41) is 3.31. The summed E-state index contributed by atoms with van der Waals surface area (Å²) in [7, 11) is 0. The third-order valence-electron chi connectivity index (χ3n) is 4.15. The molecular weight excluding hydrogens is 297 g/mol. The molecule has 1 aliphatic rings. The van der Waals surface area contributed by atoms with Crippen LogP contribution in [0.3, 0.4) is 0 Å². The molecule has 2 heterocycles. The standard InChI is InChI=1S/C17H22FN3S/c1-14-19-17(13-22-14)12-21-10-8-20(9-11-21)7-6-15-2-4-16(18)5-3-15/h2-5,13H,6-12H2,1H3. The molecule has 0 unspecified atom stereocenters. The van der Waals surface area contributed by atoms with E-state index in [1.54, 1.807) is 23.5 Å². The highest BCUT2D eigenvalue weighted by atomic mass is 32.1. The van der Waals surface area contributed by atoms with Crippen LogP contribution in [-0.2, 0) is 13.0 Å². The van der Waals surface area contributed by atoms with Crippen molar-refractivity contribution >= 4 is 11.3 Å². The molecule has 2 aromatic rings. The number of benzene rings is 1. The highest BCUT2D eigenvalue weighted by Crippen LogP contribution is 2.12. The molecule has 1 aromatic carbocycles. The molecule has 5 heteroatoms. The SMILES string of the molecule is Cc1nc(CN2CCN(CCc3ccc(F)cc3)CC2)cs1. The van der Waals surface area contributed by atoms with Crippen LogP contribution in [0, 0.1) is 12.7 Å². The van der Waals surface area contributed by atoms with Gasteiger partial charge in [0.25, 0.3) is 0 Å². The van der Waals surface area contributed by atoms with Crippen molar-refractivity contribution in [1.82, 2.24) is 14.8 Å². The van der Waals surface area contributed by atoms with E-state index in [0.717, 1.165) is 50.7 Å². The van der Waals surface area contributed by atoms with E-state index in [1.807, 2.05) is 12.1 Å². The van der Waals surface area contributed by atoms with E-state index in [-0.39, 0.29) is 5.82 Å². The lowest BCUT2D eigenvalue weighted by atomic mass is 10.1. The first-order chi connectivity index (χ1) is 10.7. The number of piperazine rings is 1. The molecule has 22 heavy (non-hydrogen) atoms. The minimum absolute atomic E-state index is 0.158. The van der Waals surface area contributed by atoms with E-state index in [0.29, 0.717) is 0 Å². The van der Waals surface area contributed by atoms with Gasteiger partial charge >= 0.3 is 0 Å². The maximum atomic E-state index is 12.9. The Kier molecular flexibility index (Phi) is 5.18. The van der Waals surface area contributed by atoms with Crippen molar-refractivity contribution in [2.75, 3.05) is 32.7 Å². The van der Waals surface area contributed by atoms with Crippen molar-refractivity contribution in [3.05, 3.63) is 51.7 Å². The second kappa shape index (κ2) is 7.31. The minimum Gasteiger partial charge on any atom is -0.300 e. The summed E-state index contributed by atoms with van der Waals surface area (Å²) < 4.78 is 12.9. The predicted molar refractivity (Wildman–Crippen MR) is 88.7 cm³/mol. The molecule has 1 aromatic heterocycles. The van der Waals surface area contributed by atoms with Gasteiger partial charge in [-0.2, -0.15) is 0 Å². The summed E-state index contributed by atoms with van der Waals surface area (Å²) in [4.78, 5) is 9.51. The van der Waals surface area contributed by atoms with Gasteiger partial charge in [0.2, 0.25) is 0 Å². The number of aromatic nitrogens is 1. The third-order valence-corrected chi connectivity index (χ3v) is 4.97. The van der Waals surface area contributed by atoms with Crippen molar-refractivity contribution in [1.29, 1.82) is 0 Å². The fraction of sp³-hybridized carbons (Fsp3) is 0.471. The van der Waals surface area contributed by atoms with Gasteiger partial charge in [0.15, 0.2) is 0 Å². The summed E-state index contributed by atoms with van der Waals surface area (Å²) in [6, 6.07) is 6.86. The van der Waals surface area contributed by atoms with Gasteiger partial charge in [-0.3, -0.25) is 4.90 Å². The predicted octanol–water partition coefficient (Wildman–Crippen LogP) is 2.95. The van der Waals surface area contributed by atoms with Gasteiger partial charge < -0.3 is 4.90 Å². The van der Waals surface area contributed by atoms with E-state index in [4.69, 9.17) is 0 Å². The van der Waals surface area contributed by atoms with E-state index < -0.39 is 0 Å². The summed E-state index contributed by atoms with van der Waals surface area (Å²) in [5.41, 5.74) is 2.41. The Balaban J connectivity index is 1.41. The third kappa shape index (κ3) is 4.35. The normalized spacial score (nSPS) is 17.0. The molecule has 0 bridgehead atoms. The molecule has 1 aliphatic heterocycles. The summed E-state index contributed by atoms with van der Waals surface area (Å²) >= 11 is 1.73. The van der Waals surface area contributed by atoms with Gasteiger partial charge in [-0.1, -0.05) is 12.1 Å². The van der Waals surface area contributed by atoms with Crippen molar-refractivity contribution < 1.29 is 4.39 Å². The van der Waals surface area contributed by atoms with Gasteiger partial charge in [0, 0.05) is 44.6 Å². The van der Waals surface area contributed by atoms with Crippen LogP contribution in [-0.4, -0.2) is 47.5 Å². The Hall–Kier alpha value is -1.30. The average Bonchev–Trinajstić information content (AvgIpc) is 2.93. The van der Waals surface area contributed by atoms with Gasteiger partial charge in [-0.05, 0) is 31.0 Å². The summed E-state index contributed by atoms with van der Waals surface area (Å²) in [6.45, 7) is 8.47. The Bertz CT molecular complexity index is 588. The smallest absolute Gasteiger partial charge is 0.123 e. The topological polar surface area (TPSA) is 19.4 Å². The van der Waals surface area contributed by atoms with E-state index in [2.05, 4.69) is 27.1 Å². The quantitative estimate of drug-likeness (QED) is 0.845. The first-order valence-electron chi connectivity index (χ1n) is 7.79. The van der Waals surface area contributed by atoms with E-state index >= 15 is 0 Å². The van der Waals surface area contributed by atoms with Crippen molar-refractivity contribution in [2.24, 2.45) is 0 Å². The van der Waals surface area contributed by atoms with Crippen LogP contribution in [0.4, 0.5) is 4.39 Å². The molecule has 0 radical (unpaired) electrons. The average molecular weight is 319 g/mol. The first kappa shape index (κ1) is 15.6. The Labute approximate surface area is 135 Å². The number of aryl methyl sites for hydroxylation is 1. The number of rotatable bonds is 5. The number of hydrogen-bond donors (Lipinski definition) is 0. The fourth-order valence-corrected chi connectivity index (χ4v) is 3.42.